The highest BCUT2D eigenvalue weighted by Gasteiger charge is 2.29. The van der Waals surface area contributed by atoms with Crippen molar-refractivity contribution < 1.29 is 17.9 Å². The Bertz CT molecular complexity index is 1590. The molecule has 0 aliphatic rings. The molecule has 1 amide bonds. The van der Waals surface area contributed by atoms with Crippen LogP contribution in [0.1, 0.15) is 52.0 Å². The molecule has 4 aromatic rings. The molecule has 0 aliphatic carbocycles. The van der Waals surface area contributed by atoms with Crippen molar-refractivity contribution in [2.24, 2.45) is 0 Å². The fourth-order valence-electron chi connectivity index (χ4n) is 4.55. The number of carbonyl (C=O) groups excluding carboxylic acids is 1. The van der Waals surface area contributed by atoms with Gasteiger partial charge in [-0.2, -0.15) is 0 Å². The van der Waals surface area contributed by atoms with Crippen LogP contribution in [0.15, 0.2) is 95.9 Å². The standard InChI is InChI=1S/C32H33ClN2O4S/c1-5-29(25-14-19-31(39-4)23(3)20-25)34-32(36)28-8-6-7-9-30(28)35(21-24-12-15-26(33)16-13-24)40(37,38)27-17-10-22(2)11-18-27/h6-20,29H,5,21H2,1-4H3,(H,34,36)/t29-/m1/s1. The first-order valence-electron chi connectivity index (χ1n) is 13.0. The minimum absolute atomic E-state index is 0.0204. The molecule has 0 radical (unpaired) electrons. The zero-order valence-electron chi connectivity index (χ0n) is 23.0. The number of nitrogens with one attached hydrogen (secondary N) is 1. The maximum absolute atomic E-state index is 14.0. The van der Waals surface area contributed by atoms with Crippen molar-refractivity contribution in [3.63, 3.8) is 0 Å². The van der Waals surface area contributed by atoms with Crippen LogP contribution in [0.25, 0.3) is 0 Å². The first kappa shape index (κ1) is 29.2. The third kappa shape index (κ3) is 6.49. The molecule has 1 N–H and O–H groups in total. The number of rotatable bonds is 10. The predicted molar refractivity (Wildman–Crippen MR) is 161 cm³/mol. The van der Waals surface area contributed by atoms with Crippen LogP contribution in [0.5, 0.6) is 5.75 Å². The number of hydrogen-bond acceptors (Lipinski definition) is 4. The molecule has 0 aliphatic heterocycles. The first-order chi connectivity index (χ1) is 19.1. The van der Waals surface area contributed by atoms with Crippen LogP contribution >= 0.6 is 11.6 Å². The number of benzene rings is 4. The summed E-state index contributed by atoms with van der Waals surface area (Å²) in [6.45, 7) is 5.87. The number of hydrogen-bond donors (Lipinski definition) is 1. The monoisotopic (exact) mass is 576 g/mol. The summed E-state index contributed by atoms with van der Waals surface area (Å²) in [7, 11) is -2.40. The van der Waals surface area contributed by atoms with Crippen LogP contribution in [-0.4, -0.2) is 21.4 Å². The van der Waals surface area contributed by atoms with E-state index in [1.165, 1.54) is 4.31 Å². The van der Waals surface area contributed by atoms with Crippen LogP contribution in [0.3, 0.4) is 0 Å². The summed E-state index contributed by atoms with van der Waals surface area (Å²) in [4.78, 5) is 13.9. The lowest BCUT2D eigenvalue weighted by molar-refractivity contribution is 0.0936. The van der Waals surface area contributed by atoms with Crippen LogP contribution in [0.2, 0.25) is 5.02 Å². The Balaban J connectivity index is 1.75. The van der Waals surface area contributed by atoms with Gasteiger partial charge in [0.25, 0.3) is 15.9 Å². The minimum atomic E-state index is -4.03. The number of amides is 1. The molecule has 4 rings (SSSR count). The van der Waals surface area contributed by atoms with Crippen molar-refractivity contribution in [1.29, 1.82) is 0 Å². The molecule has 4 aromatic carbocycles. The minimum Gasteiger partial charge on any atom is -0.496 e. The van der Waals surface area contributed by atoms with E-state index in [4.69, 9.17) is 16.3 Å². The predicted octanol–water partition coefficient (Wildman–Crippen LogP) is 7.24. The molecular formula is C32H33ClN2O4S. The van der Waals surface area contributed by atoms with Gasteiger partial charge in [-0.1, -0.05) is 72.6 Å². The fourth-order valence-corrected chi connectivity index (χ4v) is 6.15. The highest BCUT2D eigenvalue weighted by Crippen LogP contribution is 2.31. The quantitative estimate of drug-likeness (QED) is 0.216. The van der Waals surface area contributed by atoms with Crippen molar-refractivity contribution >= 4 is 33.2 Å². The van der Waals surface area contributed by atoms with Gasteiger partial charge in [-0.3, -0.25) is 9.10 Å². The molecule has 208 valence electrons. The van der Waals surface area contributed by atoms with Gasteiger partial charge >= 0.3 is 0 Å². The maximum Gasteiger partial charge on any atom is 0.264 e. The lowest BCUT2D eigenvalue weighted by atomic mass is 10.0. The number of sulfonamides is 1. The Hall–Kier alpha value is -3.81. The molecule has 0 bridgehead atoms. The molecule has 0 heterocycles. The number of aryl methyl sites for hydroxylation is 2. The largest absolute Gasteiger partial charge is 0.496 e. The molecule has 6 nitrogen and oxygen atoms in total. The Kier molecular flexibility index (Phi) is 9.17. The molecule has 0 unspecified atom stereocenters. The van der Waals surface area contributed by atoms with E-state index >= 15 is 0 Å². The number of ether oxygens (including phenoxy) is 1. The van der Waals surface area contributed by atoms with Gasteiger partial charge in [-0.15, -0.1) is 0 Å². The van der Waals surface area contributed by atoms with Crippen LogP contribution in [0.4, 0.5) is 5.69 Å². The van der Waals surface area contributed by atoms with E-state index in [2.05, 4.69) is 5.32 Å². The van der Waals surface area contributed by atoms with Gasteiger partial charge in [-0.05, 0) is 79.4 Å². The Morgan fingerprint density at radius 2 is 1.62 bits per heavy atom. The van der Waals surface area contributed by atoms with E-state index in [1.807, 2.05) is 39.0 Å². The lowest BCUT2D eigenvalue weighted by Gasteiger charge is -2.27. The lowest BCUT2D eigenvalue weighted by Crippen LogP contribution is -2.34. The number of anilines is 1. The van der Waals surface area contributed by atoms with E-state index in [9.17, 15) is 13.2 Å². The van der Waals surface area contributed by atoms with E-state index in [0.717, 1.165) is 28.0 Å². The zero-order chi connectivity index (χ0) is 28.9. The summed E-state index contributed by atoms with van der Waals surface area (Å²) in [5.74, 6) is 0.408. The molecule has 0 aromatic heterocycles. The molecule has 40 heavy (non-hydrogen) atoms. The van der Waals surface area contributed by atoms with Gasteiger partial charge in [0.1, 0.15) is 5.75 Å². The molecule has 0 saturated carbocycles. The van der Waals surface area contributed by atoms with Crippen LogP contribution in [0, 0.1) is 13.8 Å². The van der Waals surface area contributed by atoms with Gasteiger partial charge in [0.15, 0.2) is 0 Å². The Labute approximate surface area is 241 Å². The van der Waals surface area contributed by atoms with E-state index in [1.54, 1.807) is 79.9 Å². The highest BCUT2D eigenvalue weighted by molar-refractivity contribution is 7.92. The van der Waals surface area contributed by atoms with Crippen molar-refractivity contribution in [2.45, 2.75) is 44.7 Å². The Morgan fingerprint density at radius 1 is 0.950 bits per heavy atom. The Morgan fingerprint density at radius 3 is 2.25 bits per heavy atom. The van der Waals surface area contributed by atoms with Crippen molar-refractivity contribution in [2.75, 3.05) is 11.4 Å². The van der Waals surface area contributed by atoms with E-state index in [-0.39, 0.29) is 34.6 Å². The van der Waals surface area contributed by atoms with Crippen LogP contribution in [-0.2, 0) is 16.6 Å². The molecule has 0 spiro atoms. The summed E-state index contributed by atoms with van der Waals surface area (Å²) in [6.07, 6.45) is 0.649. The second-order valence-corrected chi connectivity index (χ2v) is 11.9. The molecule has 0 fully saturated rings. The number of methoxy groups -OCH3 is 1. The number of carbonyl (C=O) groups is 1. The van der Waals surface area contributed by atoms with Crippen molar-refractivity contribution in [3.05, 3.63) is 124 Å². The molecular weight excluding hydrogens is 544 g/mol. The average molecular weight is 577 g/mol. The fraction of sp³-hybridized carbons (Fsp3) is 0.219. The van der Waals surface area contributed by atoms with Gasteiger partial charge in [-0.25, -0.2) is 8.42 Å². The van der Waals surface area contributed by atoms with E-state index < -0.39 is 10.0 Å². The smallest absolute Gasteiger partial charge is 0.264 e. The SMILES string of the molecule is CC[C@@H](NC(=O)c1ccccc1N(Cc1ccc(Cl)cc1)S(=O)(=O)c1ccc(C)cc1)c1ccc(OC)c(C)c1. The van der Waals surface area contributed by atoms with Crippen molar-refractivity contribution in [3.8, 4) is 5.75 Å². The molecule has 1 atom stereocenters. The number of nitrogens with zero attached hydrogens (tertiary/aromatic N) is 1. The third-order valence-corrected chi connectivity index (χ3v) is 8.83. The highest BCUT2D eigenvalue weighted by atomic mass is 35.5. The second kappa shape index (κ2) is 12.6. The summed E-state index contributed by atoms with van der Waals surface area (Å²) >= 11 is 6.08. The second-order valence-electron chi connectivity index (χ2n) is 9.63. The van der Waals surface area contributed by atoms with Crippen molar-refractivity contribution in [1.82, 2.24) is 5.32 Å². The summed E-state index contributed by atoms with van der Waals surface area (Å²) < 4.78 is 34.8. The normalized spacial score (nSPS) is 12.0. The third-order valence-electron chi connectivity index (χ3n) is 6.80. The zero-order valence-corrected chi connectivity index (χ0v) is 24.6. The van der Waals surface area contributed by atoms with Gasteiger partial charge in [0.05, 0.1) is 35.8 Å². The summed E-state index contributed by atoms with van der Waals surface area (Å²) in [5, 5.41) is 3.66. The number of para-hydroxylation sites is 1. The van der Waals surface area contributed by atoms with Gasteiger partial charge < -0.3 is 10.1 Å². The number of halogens is 1. The van der Waals surface area contributed by atoms with Gasteiger partial charge in [0, 0.05) is 5.02 Å². The van der Waals surface area contributed by atoms with Crippen LogP contribution < -0.4 is 14.4 Å². The molecule has 0 saturated heterocycles. The maximum atomic E-state index is 14.0. The van der Waals surface area contributed by atoms with Gasteiger partial charge in [0.2, 0.25) is 0 Å². The molecule has 8 heteroatoms. The summed E-state index contributed by atoms with van der Waals surface area (Å²) in [6, 6.07) is 26.0. The summed E-state index contributed by atoms with van der Waals surface area (Å²) in [5.41, 5.74) is 4.13. The first-order valence-corrected chi connectivity index (χ1v) is 14.8. The topological polar surface area (TPSA) is 75.7 Å². The van der Waals surface area contributed by atoms with E-state index in [0.29, 0.717) is 11.4 Å². The average Bonchev–Trinajstić information content (AvgIpc) is 2.95.